The van der Waals surface area contributed by atoms with Gasteiger partial charge in [0, 0.05) is 12.5 Å². The summed E-state index contributed by atoms with van der Waals surface area (Å²) in [6, 6.07) is 7.79. The Hall–Kier alpha value is -2.28. The Morgan fingerprint density at radius 1 is 1.20 bits per heavy atom. The fourth-order valence-electron chi connectivity index (χ4n) is 2.20. The summed E-state index contributed by atoms with van der Waals surface area (Å²) >= 11 is 0. The van der Waals surface area contributed by atoms with Crippen molar-refractivity contribution in [2.45, 2.75) is 33.6 Å². The predicted molar refractivity (Wildman–Crippen MR) is 75.7 cm³/mol. The van der Waals surface area contributed by atoms with Crippen molar-refractivity contribution < 1.29 is 9.26 Å². The number of nitrogens with zero attached hydrogens (tertiary/aromatic N) is 2. The van der Waals surface area contributed by atoms with Gasteiger partial charge in [0.05, 0.1) is 23.9 Å². The zero-order valence-corrected chi connectivity index (χ0v) is 12.1. The lowest BCUT2D eigenvalue weighted by molar-refractivity contribution is 0.296. The molecule has 0 spiro atoms. The number of rotatable bonds is 5. The molecule has 0 aliphatic carbocycles. The van der Waals surface area contributed by atoms with Gasteiger partial charge in [-0.1, -0.05) is 5.16 Å². The second-order valence-electron chi connectivity index (χ2n) is 4.94. The smallest absolute Gasteiger partial charge is 0.137 e. The first-order valence-corrected chi connectivity index (χ1v) is 6.66. The van der Waals surface area contributed by atoms with E-state index in [1.165, 1.54) is 0 Å². The SMILES string of the molecule is Cc1cc(CCCOc2c(C)cc(C#N)cc2C)on1. The minimum Gasteiger partial charge on any atom is -0.493 e. The van der Waals surface area contributed by atoms with E-state index in [4.69, 9.17) is 14.5 Å². The molecule has 1 heterocycles. The van der Waals surface area contributed by atoms with Gasteiger partial charge in [-0.15, -0.1) is 0 Å². The van der Waals surface area contributed by atoms with Gasteiger partial charge in [-0.2, -0.15) is 5.26 Å². The van der Waals surface area contributed by atoms with Crippen LogP contribution in [0.4, 0.5) is 0 Å². The van der Waals surface area contributed by atoms with E-state index in [1.807, 2.05) is 39.0 Å². The summed E-state index contributed by atoms with van der Waals surface area (Å²) in [6.07, 6.45) is 1.68. The fraction of sp³-hybridized carbons (Fsp3) is 0.375. The molecular weight excluding hydrogens is 252 g/mol. The first kappa shape index (κ1) is 14.1. The number of aromatic nitrogens is 1. The standard InChI is InChI=1S/C16H18N2O2/c1-11-7-14(10-17)8-12(2)16(11)19-6-4-5-15-9-13(3)18-20-15/h7-9H,4-6H2,1-3H3. The summed E-state index contributed by atoms with van der Waals surface area (Å²) in [5.74, 6) is 1.76. The first-order valence-electron chi connectivity index (χ1n) is 6.66. The van der Waals surface area contributed by atoms with Crippen molar-refractivity contribution in [3.8, 4) is 11.8 Å². The molecule has 0 bridgehead atoms. The summed E-state index contributed by atoms with van der Waals surface area (Å²) in [7, 11) is 0. The maximum atomic E-state index is 8.91. The van der Waals surface area contributed by atoms with Gasteiger partial charge in [-0.05, 0) is 50.5 Å². The highest BCUT2D eigenvalue weighted by Crippen LogP contribution is 2.24. The summed E-state index contributed by atoms with van der Waals surface area (Å²) in [4.78, 5) is 0. The molecule has 2 aromatic rings. The molecule has 0 atom stereocenters. The molecule has 0 fully saturated rings. The average Bonchev–Trinajstić information content (AvgIpc) is 2.82. The second-order valence-corrected chi connectivity index (χ2v) is 4.94. The van der Waals surface area contributed by atoms with Crippen LogP contribution in [0.1, 0.15) is 34.6 Å². The Kier molecular flexibility index (Phi) is 4.41. The number of hydrogen-bond acceptors (Lipinski definition) is 4. The van der Waals surface area contributed by atoms with Crippen LogP contribution in [0.25, 0.3) is 0 Å². The summed E-state index contributed by atoms with van der Waals surface area (Å²) in [6.45, 7) is 6.45. The van der Waals surface area contributed by atoms with Crippen molar-refractivity contribution in [2.75, 3.05) is 6.61 Å². The molecule has 0 amide bonds. The third kappa shape index (κ3) is 3.39. The van der Waals surface area contributed by atoms with Crippen LogP contribution in [-0.2, 0) is 6.42 Å². The summed E-state index contributed by atoms with van der Waals surface area (Å²) < 4.78 is 11.0. The lowest BCUT2D eigenvalue weighted by atomic mass is 10.1. The molecule has 4 nitrogen and oxygen atoms in total. The van der Waals surface area contributed by atoms with Crippen molar-refractivity contribution in [3.05, 3.63) is 46.3 Å². The molecule has 1 aromatic heterocycles. The van der Waals surface area contributed by atoms with Crippen LogP contribution in [0.3, 0.4) is 0 Å². The molecule has 20 heavy (non-hydrogen) atoms. The van der Waals surface area contributed by atoms with Crippen LogP contribution in [0, 0.1) is 32.1 Å². The van der Waals surface area contributed by atoms with Crippen LogP contribution in [-0.4, -0.2) is 11.8 Å². The average molecular weight is 270 g/mol. The van der Waals surface area contributed by atoms with Crippen molar-refractivity contribution in [1.82, 2.24) is 5.16 Å². The molecule has 0 radical (unpaired) electrons. The van der Waals surface area contributed by atoms with Gasteiger partial charge < -0.3 is 9.26 Å². The number of nitriles is 1. The van der Waals surface area contributed by atoms with Crippen molar-refractivity contribution >= 4 is 0 Å². The van der Waals surface area contributed by atoms with Gasteiger partial charge in [0.15, 0.2) is 0 Å². The second kappa shape index (κ2) is 6.25. The highest BCUT2D eigenvalue weighted by atomic mass is 16.5. The van der Waals surface area contributed by atoms with Crippen molar-refractivity contribution in [2.24, 2.45) is 0 Å². The maximum absolute atomic E-state index is 8.91. The van der Waals surface area contributed by atoms with Crippen LogP contribution in [0.5, 0.6) is 5.75 Å². The molecule has 104 valence electrons. The van der Waals surface area contributed by atoms with Crippen LogP contribution in [0.15, 0.2) is 22.7 Å². The van der Waals surface area contributed by atoms with E-state index in [2.05, 4.69) is 11.2 Å². The van der Waals surface area contributed by atoms with Crippen LogP contribution >= 0.6 is 0 Å². The van der Waals surface area contributed by atoms with Gasteiger partial charge in [-0.25, -0.2) is 0 Å². The van der Waals surface area contributed by atoms with Crippen LogP contribution < -0.4 is 4.74 Å². The topological polar surface area (TPSA) is 59.0 Å². The molecule has 0 saturated carbocycles. The maximum Gasteiger partial charge on any atom is 0.137 e. The van der Waals surface area contributed by atoms with E-state index >= 15 is 0 Å². The van der Waals surface area contributed by atoms with E-state index in [0.29, 0.717) is 12.2 Å². The minimum absolute atomic E-state index is 0.618. The molecule has 1 aromatic carbocycles. The molecule has 0 aliphatic rings. The number of benzene rings is 1. The first-order chi connectivity index (χ1) is 9.60. The lowest BCUT2D eigenvalue weighted by Gasteiger charge is -2.12. The molecule has 0 saturated heterocycles. The minimum atomic E-state index is 0.618. The number of hydrogen-bond donors (Lipinski definition) is 0. The predicted octanol–water partition coefficient (Wildman–Crippen LogP) is 3.48. The third-order valence-electron chi connectivity index (χ3n) is 3.08. The molecule has 2 rings (SSSR count). The Morgan fingerprint density at radius 3 is 2.45 bits per heavy atom. The third-order valence-corrected chi connectivity index (χ3v) is 3.08. The zero-order chi connectivity index (χ0) is 14.5. The van der Waals surface area contributed by atoms with E-state index < -0.39 is 0 Å². The number of ether oxygens (including phenoxy) is 1. The van der Waals surface area contributed by atoms with E-state index in [9.17, 15) is 0 Å². The van der Waals surface area contributed by atoms with Crippen LogP contribution in [0.2, 0.25) is 0 Å². The van der Waals surface area contributed by atoms with Gasteiger partial charge in [0.25, 0.3) is 0 Å². The zero-order valence-electron chi connectivity index (χ0n) is 12.1. The summed E-state index contributed by atoms with van der Waals surface area (Å²) in [5.41, 5.74) is 3.57. The Balaban J connectivity index is 1.90. The largest absolute Gasteiger partial charge is 0.493 e. The van der Waals surface area contributed by atoms with Gasteiger partial charge >= 0.3 is 0 Å². The highest BCUT2D eigenvalue weighted by molar-refractivity contribution is 5.47. The molecular formula is C16H18N2O2. The molecule has 0 aliphatic heterocycles. The molecule has 0 N–H and O–H groups in total. The fourth-order valence-corrected chi connectivity index (χ4v) is 2.20. The monoisotopic (exact) mass is 270 g/mol. The Morgan fingerprint density at radius 2 is 1.90 bits per heavy atom. The van der Waals surface area contributed by atoms with Gasteiger partial charge in [0.2, 0.25) is 0 Å². The van der Waals surface area contributed by atoms with E-state index in [1.54, 1.807) is 0 Å². The Labute approximate surface area is 119 Å². The quantitative estimate of drug-likeness (QED) is 0.780. The Bertz CT molecular complexity index is 615. The van der Waals surface area contributed by atoms with Gasteiger partial charge in [0.1, 0.15) is 11.5 Å². The van der Waals surface area contributed by atoms with Crippen molar-refractivity contribution in [3.63, 3.8) is 0 Å². The molecule has 0 unspecified atom stereocenters. The van der Waals surface area contributed by atoms with Crippen molar-refractivity contribution in [1.29, 1.82) is 5.26 Å². The van der Waals surface area contributed by atoms with E-state index in [0.717, 1.165) is 41.2 Å². The van der Waals surface area contributed by atoms with E-state index in [-0.39, 0.29) is 0 Å². The van der Waals surface area contributed by atoms with Gasteiger partial charge in [-0.3, -0.25) is 0 Å². The highest BCUT2D eigenvalue weighted by Gasteiger charge is 2.07. The summed E-state index contributed by atoms with van der Waals surface area (Å²) in [5, 5.41) is 12.8. The molecule has 4 heteroatoms. The number of aryl methyl sites for hydroxylation is 4. The normalized spacial score (nSPS) is 10.3. The lowest BCUT2D eigenvalue weighted by Crippen LogP contribution is -2.02.